The number of hydrogen-bond donors (Lipinski definition) is 0. The van der Waals surface area contributed by atoms with E-state index in [1.807, 2.05) is 35.2 Å². The molecule has 1 aromatic carbocycles. The first kappa shape index (κ1) is 22.6. The molecule has 1 aliphatic heterocycles. The molecule has 0 unspecified atom stereocenters. The molecule has 2 fully saturated rings. The van der Waals surface area contributed by atoms with Crippen molar-refractivity contribution in [2.75, 3.05) is 49.6 Å². The van der Waals surface area contributed by atoms with Gasteiger partial charge in [0.1, 0.15) is 11.6 Å². The van der Waals surface area contributed by atoms with Gasteiger partial charge < -0.3 is 9.64 Å². The number of piperazine rings is 1. The number of nitrogens with zero attached hydrogens (tertiary/aromatic N) is 4. The number of ether oxygens (including phenoxy) is 1. The maximum Gasteiger partial charge on any atom is 0.231 e. The maximum absolute atomic E-state index is 13.5. The summed E-state index contributed by atoms with van der Waals surface area (Å²) in [6.07, 6.45) is 7.37. The lowest BCUT2D eigenvalue weighted by atomic mass is 9.88. The smallest absolute Gasteiger partial charge is 0.231 e. The average Bonchev–Trinajstić information content (AvgIpc) is 2.86. The number of carbonyl (C=O) groups is 1. The second-order valence-corrected chi connectivity index (χ2v) is 9.04. The fraction of sp³-hybridized carbons (Fsp3) is 0.538. The van der Waals surface area contributed by atoms with Gasteiger partial charge in [0.2, 0.25) is 5.91 Å². The number of benzene rings is 1. The van der Waals surface area contributed by atoms with Crippen molar-refractivity contribution >= 4 is 17.4 Å². The Bertz CT molecular complexity index is 861. The van der Waals surface area contributed by atoms with Gasteiger partial charge in [-0.2, -0.15) is 0 Å². The van der Waals surface area contributed by atoms with Gasteiger partial charge in [0.25, 0.3) is 0 Å². The van der Waals surface area contributed by atoms with Crippen molar-refractivity contribution in [1.29, 1.82) is 0 Å². The van der Waals surface area contributed by atoms with E-state index in [4.69, 9.17) is 4.74 Å². The van der Waals surface area contributed by atoms with Crippen LogP contribution in [0.15, 0.2) is 48.7 Å². The van der Waals surface area contributed by atoms with Gasteiger partial charge in [-0.25, -0.2) is 4.98 Å². The van der Waals surface area contributed by atoms with Gasteiger partial charge in [0, 0.05) is 50.9 Å². The van der Waals surface area contributed by atoms with Crippen LogP contribution in [0.2, 0.25) is 0 Å². The molecule has 6 nitrogen and oxygen atoms in total. The van der Waals surface area contributed by atoms with Gasteiger partial charge >= 0.3 is 0 Å². The first-order valence-electron chi connectivity index (χ1n) is 12.0. The van der Waals surface area contributed by atoms with Gasteiger partial charge in [0.15, 0.2) is 0 Å². The number of pyridine rings is 1. The van der Waals surface area contributed by atoms with Crippen molar-refractivity contribution in [2.24, 2.45) is 5.92 Å². The monoisotopic (exact) mass is 436 g/mol. The summed E-state index contributed by atoms with van der Waals surface area (Å²) in [7, 11) is 1.73. The van der Waals surface area contributed by atoms with Crippen LogP contribution in [0.1, 0.15) is 39.0 Å². The first-order chi connectivity index (χ1) is 15.7. The minimum atomic E-state index is 0.0807. The molecule has 0 bridgehead atoms. The predicted molar refractivity (Wildman–Crippen MR) is 129 cm³/mol. The number of amides is 1. The highest BCUT2D eigenvalue weighted by molar-refractivity contribution is 5.94. The number of para-hydroxylation sites is 2. The van der Waals surface area contributed by atoms with Crippen molar-refractivity contribution in [3.8, 4) is 5.75 Å². The van der Waals surface area contributed by atoms with Gasteiger partial charge in [0.05, 0.1) is 12.8 Å². The number of hydrogen-bond acceptors (Lipinski definition) is 5. The Hall–Kier alpha value is -2.60. The lowest BCUT2D eigenvalue weighted by molar-refractivity contribution is -0.123. The maximum atomic E-state index is 13.5. The summed E-state index contributed by atoms with van der Waals surface area (Å²) in [6.45, 7) is 6.86. The van der Waals surface area contributed by atoms with Gasteiger partial charge in [-0.15, -0.1) is 0 Å². The highest BCUT2D eigenvalue weighted by Gasteiger charge is 2.32. The summed E-state index contributed by atoms with van der Waals surface area (Å²) in [4.78, 5) is 24.9. The zero-order chi connectivity index (χ0) is 22.3. The van der Waals surface area contributed by atoms with Crippen LogP contribution < -0.4 is 14.5 Å². The zero-order valence-electron chi connectivity index (χ0n) is 19.4. The SMILES string of the molecule is COc1ccccc1N1CCN(C[C@H](C)N(C(=O)C2CCCCC2)c2ccccn2)CC1. The highest BCUT2D eigenvalue weighted by Crippen LogP contribution is 2.30. The number of carbonyl (C=O) groups excluding carboxylic acids is 1. The molecule has 32 heavy (non-hydrogen) atoms. The molecule has 1 saturated carbocycles. The quantitative estimate of drug-likeness (QED) is 0.651. The van der Waals surface area contributed by atoms with E-state index < -0.39 is 0 Å². The van der Waals surface area contributed by atoms with Crippen molar-refractivity contribution in [3.05, 3.63) is 48.7 Å². The zero-order valence-corrected chi connectivity index (χ0v) is 19.4. The van der Waals surface area contributed by atoms with Gasteiger partial charge in [-0.05, 0) is 44.0 Å². The lowest BCUT2D eigenvalue weighted by Crippen LogP contribution is -2.53. The Morgan fingerprint density at radius 1 is 1.06 bits per heavy atom. The third-order valence-electron chi connectivity index (χ3n) is 6.85. The number of anilines is 2. The van der Waals surface area contributed by atoms with E-state index in [2.05, 4.69) is 33.8 Å². The topological polar surface area (TPSA) is 48.9 Å². The first-order valence-corrected chi connectivity index (χ1v) is 12.0. The molecule has 0 radical (unpaired) electrons. The van der Waals surface area contributed by atoms with E-state index in [1.54, 1.807) is 13.3 Å². The fourth-order valence-corrected chi connectivity index (χ4v) is 5.12. The molecule has 1 amide bonds. The van der Waals surface area contributed by atoms with E-state index in [1.165, 1.54) is 6.42 Å². The molecule has 172 valence electrons. The van der Waals surface area contributed by atoms with Crippen LogP contribution in [-0.4, -0.2) is 61.7 Å². The highest BCUT2D eigenvalue weighted by atomic mass is 16.5. The number of aromatic nitrogens is 1. The summed E-state index contributed by atoms with van der Waals surface area (Å²) in [5, 5.41) is 0. The van der Waals surface area contributed by atoms with E-state index in [-0.39, 0.29) is 17.9 Å². The van der Waals surface area contributed by atoms with Crippen LogP contribution in [0.4, 0.5) is 11.5 Å². The Kier molecular flexibility index (Phi) is 7.63. The summed E-state index contributed by atoms with van der Waals surface area (Å²) in [5.74, 6) is 2.09. The molecule has 0 N–H and O–H groups in total. The van der Waals surface area contributed by atoms with Crippen LogP contribution in [0.25, 0.3) is 0 Å². The average molecular weight is 437 g/mol. The third-order valence-corrected chi connectivity index (χ3v) is 6.85. The largest absolute Gasteiger partial charge is 0.495 e. The van der Waals surface area contributed by atoms with Gasteiger partial charge in [-0.3, -0.25) is 14.6 Å². The minimum absolute atomic E-state index is 0.0807. The molecule has 2 aliphatic rings. The van der Waals surface area contributed by atoms with E-state index >= 15 is 0 Å². The Balaban J connectivity index is 1.41. The second kappa shape index (κ2) is 10.8. The molecule has 1 aliphatic carbocycles. The predicted octanol–water partition coefficient (Wildman–Crippen LogP) is 4.21. The van der Waals surface area contributed by atoms with E-state index in [9.17, 15) is 4.79 Å². The number of methoxy groups -OCH3 is 1. The summed E-state index contributed by atoms with van der Waals surface area (Å²) >= 11 is 0. The molecular weight excluding hydrogens is 400 g/mol. The van der Waals surface area contributed by atoms with Gasteiger partial charge in [-0.1, -0.05) is 37.5 Å². The summed E-state index contributed by atoms with van der Waals surface area (Å²) in [6, 6.07) is 14.2. The Labute approximate surface area is 192 Å². The van der Waals surface area contributed by atoms with E-state index in [0.717, 1.165) is 75.7 Å². The van der Waals surface area contributed by atoms with Crippen LogP contribution >= 0.6 is 0 Å². The normalized spacial score (nSPS) is 18.9. The molecule has 6 heteroatoms. The summed E-state index contributed by atoms with van der Waals surface area (Å²) < 4.78 is 5.55. The molecule has 4 rings (SSSR count). The molecule has 2 heterocycles. The minimum Gasteiger partial charge on any atom is -0.495 e. The van der Waals surface area contributed by atoms with Crippen molar-refractivity contribution in [3.63, 3.8) is 0 Å². The van der Waals surface area contributed by atoms with Crippen molar-refractivity contribution in [2.45, 2.75) is 45.1 Å². The molecule has 1 aromatic heterocycles. The molecule has 2 aromatic rings. The molecule has 1 saturated heterocycles. The second-order valence-electron chi connectivity index (χ2n) is 9.04. The standard InChI is InChI=1S/C26H36N4O2/c1-21(20-28-16-18-29(19-17-28)23-12-6-7-13-24(23)32-2)30(25-14-8-9-15-27-25)26(31)22-10-4-3-5-11-22/h6-9,12-15,21-22H,3-5,10-11,16-20H2,1-2H3/t21-/m0/s1. The van der Waals surface area contributed by atoms with Crippen LogP contribution in [0.3, 0.4) is 0 Å². The Morgan fingerprint density at radius 2 is 1.78 bits per heavy atom. The van der Waals surface area contributed by atoms with Crippen LogP contribution in [0.5, 0.6) is 5.75 Å². The molecule has 0 spiro atoms. The van der Waals surface area contributed by atoms with E-state index in [0.29, 0.717) is 0 Å². The summed E-state index contributed by atoms with van der Waals surface area (Å²) in [5.41, 5.74) is 1.16. The number of rotatable bonds is 7. The lowest BCUT2D eigenvalue weighted by Gasteiger charge is -2.40. The fourth-order valence-electron chi connectivity index (χ4n) is 5.12. The molecular formula is C26H36N4O2. The molecule has 1 atom stereocenters. The van der Waals surface area contributed by atoms with Crippen molar-refractivity contribution < 1.29 is 9.53 Å². The van der Waals surface area contributed by atoms with Crippen LogP contribution in [0, 0.1) is 5.92 Å². The van der Waals surface area contributed by atoms with Crippen LogP contribution in [-0.2, 0) is 4.79 Å². The third kappa shape index (κ3) is 5.23. The van der Waals surface area contributed by atoms with Crippen molar-refractivity contribution in [1.82, 2.24) is 9.88 Å². The Morgan fingerprint density at radius 3 is 2.47 bits per heavy atom.